The molecule has 0 atom stereocenters. The molecule has 1 aliphatic heterocycles. The summed E-state index contributed by atoms with van der Waals surface area (Å²) in [5.74, 6) is 0.834. The SMILES string of the molecule is COC(=O)c1ccccc1-n1ncc(NCc2ccc3c(c2)OCCCO3)c(Cl)c1=O. The number of hydrogen-bond acceptors (Lipinski definition) is 7. The van der Waals surface area contributed by atoms with Crippen LogP contribution in [0.1, 0.15) is 22.3 Å². The smallest absolute Gasteiger partial charge is 0.340 e. The monoisotopic (exact) mass is 441 g/mol. The van der Waals surface area contributed by atoms with Crippen LogP contribution >= 0.6 is 11.6 Å². The van der Waals surface area contributed by atoms with Crippen molar-refractivity contribution in [1.29, 1.82) is 0 Å². The molecule has 0 saturated heterocycles. The van der Waals surface area contributed by atoms with Gasteiger partial charge in [0.05, 0.1) is 43.5 Å². The van der Waals surface area contributed by atoms with E-state index in [1.807, 2.05) is 18.2 Å². The van der Waals surface area contributed by atoms with Crippen LogP contribution in [0.25, 0.3) is 5.69 Å². The Labute approximate surface area is 183 Å². The van der Waals surface area contributed by atoms with Crippen LogP contribution in [0.2, 0.25) is 5.02 Å². The lowest BCUT2D eigenvalue weighted by Gasteiger charge is -2.13. The number of hydrogen-bond donors (Lipinski definition) is 1. The number of carbonyl (C=O) groups excluding carboxylic acids is 1. The van der Waals surface area contributed by atoms with Crippen molar-refractivity contribution in [2.24, 2.45) is 0 Å². The Hall–Kier alpha value is -3.52. The van der Waals surface area contributed by atoms with Crippen LogP contribution in [-0.2, 0) is 11.3 Å². The molecule has 3 aromatic rings. The third-order valence-corrected chi connectivity index (χ3v) is 5.12. The highest BCUT2D eigenvalue weighted by molar-refractivity contribution is 6.32. The molecule has 1 N–H and O–H groups in total. The standard InChI is InChI=1S/C22H20ClN3O5/c1-29-22(28)15-5-2-3-6-17(15)26-21(27)20(23)16(13-25-26)24-12-14-7-8-18-19(11-14)31-10-4-9-30-18/h2-3,5-8,11,13,24H,4,9-10,12H2,1H3. The van der Waals surface area contributed by atoms with Crippen molar-refractivity contribution in [3.8, 4) is 17.2 Å². The molecule has 0 bridgehead atoms. The van der Waals surface area contributed by atoms with E-state index in [9.17, 15) is 9.59 Å². The second-order valence-corrected chi connectivity index (χ2v) is 7.16. The van der Waals surface area contributed by atoms with Crippen LogP contribution < -0.4 is 20.3 Å². The second kappa shape index (κ2) is 9.09. The maximum Gasteiger partial charge on any atom is 0.340 e. The van der Waals surface area contributed by atoms with Crippen LogP contribution in [-0.4, -0.2) is 36.1 Å². The van der Waals surface area contributed by atoms with Crippen molar-refractivity contribution in [2.45, 2.75) is 13.0 Å². The molecule has 0 saturated carbocycles. The van der Waals surface area contributed by atoms with Crippen LogP contribution in [0.3, 0.4) is 0 Å². The Bertz CT molecular complexity index is 1180. The van der Waals surface area contributed by atoms with E-state index in [2.05, 4.69) is 10.4 Å². The van der Waals surface area contributed by atoms with Crippen molar-refractivity contribution >= 4 is 23.3 Å². The highest BCUT2D eigenvalue weighted by atomic mass is 35.5. The van der Waals surface area contributed by atoms with Crippen LogP contribution in [0.4, 0.5) is 5.69 Å². The van der Waals surface area contributed by atoms with Crippen molar-refractivity contribution in [2.75, 3.05) is 25.6 Å². The lowest BCUT2D eigenvalue weighted by molar-refractivity contribution is 0.0600. The number of nitrogens with zero attached hydrogens (tertiary/aromatic N) is 2. The van der Waals surface area contributed by atoms with Gasteiger partial charge in [-0.25, -0.2) is 4.79 Å². The zero-order valence-electron chi connectivity index (χ0n) is 16.8. The topological polar surface area (TPSA) is 91.7 Å². The van der Waals surface area contributed by atoms with Gasteiger partial charge in [-0.15, -0.1) is 0 Å². The number of anilines is 1. The zero-order chi connectivity index (χ0) is 21.8. The second-order valence-electron chi connectivity index (χ2n) is 6.78. The minimum absolute atomic E-state index is 0.0380. The van der Waals surface area contributed by atoms with Gasteiger partial charge in [-0.2, -0.15) is 9.78 Å². The van der Waals surface area contributed by atoms with E-state index in [0.29, 0.717) is 36.9 Å². The first kappa shape index (κ1) is 20.7. The number of fused-ring (bicyclic) bond motifs is 1. The van der Waals surface area contributed by atoms with Crippen LogP contribution in [0.5, 0.6) is 11.5 Å². The molecule has 2 aromatic carbocycles. The molecular weight excluding hydrogens is 422 g/mol. The van der Waals surface area contributed by atoms with E-state index in [0.717, 1.165) is 16.7 Å². The summed E-state index contributed by atoms with van der Waals surface area (Å²) < 4.78 is 17.2. The maximum atomic E-state index is 12.8. The van der Waals surface area contributed by atoms with Gasteiger partial charge in [0.1, 0.15) is 5.02 Å². The fraction of sp³-hybridized carbons (Fsp3) is 0.227. The number of rotatable bonds is 5. The number of halogens is 1. The van der Waals surface area contributed by atoms with Crippen molar-refractivity contribution in [3.63, 3.8) is 0 Å². The van der Waals surface area contributed by atoms with Gasteiger partial charge >= 0.3 is 5.97 Å². The van der Waals surface area contributed by atoms with E-state index in [-0.39, 0.29) is 16.3 Å². The van der Waals surface area contributed by atoms with Crippen molar-refractivity contribution < 1.29 is 19.0 Å². The summed E-state index contributed by atoms with van der Waals surface area (Å²) in [7, 11) is 1.27. The molecule has 0 unspecified atom stereocenters. The number of benzene rings is 2. The molecule has 0 radical (unpaired) electrons. The Kier molecular flexibility index (Phi) is 6.08. The lowest BCUT2D eigenvalue weighted by Crippen LogP contribution is -2.24. The predicted octanol–water partition coefficient (Wildman–Crippen LogP) is 3.45. The summed E-state index contributed by atoms with van der Waals surface area (Å²) in [4.78, 5) is 24.9. The first-order chi connectivity index (χ1) is 15.1. The first-order valence-corrected chi connectivity index (χ1v) is 10.0. The highest BCUT2D eigenvalue weighted by Gasteiger charge is 2.17. The minimum atomic E-state index is -0.572. The van der Waals surface area contributed by atoms with Crippen molar-refractivity contribution in [3.05, 3.63) is 75.2 Å². The predicted molar refractivity (Wildman–Crippen MR) is 116 cm³/mol. The van der Waals surface area contributed by atoms with Gasteiger partial charge in [-0.1, -0.05) is 29.8 Å². The van der Waals surface area contributed by atoms with Gasteiger partial charge in [0.2, 0.25) is 0 Å². The molecule has 9 heteroatoms. The van der Waals surface area contributed by atoms with Gasteiger partial charge in [0, 0.05) is 13.0 Å². The molecule has 160 valence electrons. The minimum Gasteiger partial charge on any atom is -0.490 e. The van der Waals surface area contributed by atoms with Gasteiger partial charge in [-0.3, -0.25) is 4.79 Å². The number of nitrogens with one attached hydrogen (secondary N) is 1. The number of para-hydroxylation sites is 1. The Morgan fingerprint density at radius 1 is 1.19 bits per heavy atom. The van der Waals surface area contributed by atoms with Crippen LogP contribution in [0.15, 0.2) is 53.5 Å². The Balaban J connectivity index is 1.57. The summed E-state index contributed by atoms with van der Waals surface area (Å²) in [5.41, 5.74) is 1.26. The molecule has 0 fully saturated rings. The molecule has 1 aromatic heterocycles. The quantitative estimate of drug-likeness (QED) is 0.606. The Morgan fingerprint density at radius 3 is 2.77 bits per heavy atom. The summed E-state index contributed by atoms with van der Waals surface area (Å²) in [6.45, 7) is 1.63. The third-order valence-electron chi connectivity index (χ3n) is 4.75. The third kappa shape index (κ3) is 4.34. The molecule has 1 aliphatic rings. The van der Waals surface area contributed by atoms with Gasteiger partial charge in [0.25, 0.3) is 5.56 Å². The summed E-state index contributed by atoms with van der Waals surface area (Å²) in [6.07, 6.45) is 2.28. The van der Waals surface area contributed by atoms with Crippen molar-refractivity contribution in [1.82, 2.24) is 9.78 Å². The van der Waals surface area contributed by atoms with Gasteiger partial charge < -0.3 is 19.5 Å². The number of ether oxygens (including phenoxy) is 3. The molecule has 8 nitrogen and oxygen atoms in total. The summed E-state index contributed by atoms with van der Waals surface area (Å²) in [6, 6.07) is 12.2. The molecule has 2 heterocycles. The average Bonchev–Trinajstić information content (AvgIpc) is 3.04. The fourth-order valence-corrected chi connectivity index (χ4v) is 3.38. The number of methoxy groups -OCH3 is 1. The van der Waals surface area contributed by atoms with Gasteiger partial charge in [-0.05, 0) is 29.8 Å². The molecule has 0 spiro atoms. The molecule has 31 heavy (non-hydrogen) atoms. The van der Waals surface area contributed by atoms with Gasteiger partial charge in [0.15, 0.2) is 11.5 Å². The van der Waals surface area contributed by atoms with E-state index < -0.39 is 11.5 Å². The molecule has 0 amide bonds. The van der Waals surface area contributed by atoms with E-state index in [4.69, 9.17) is 25.8 Å². The van der Waals surface area contributed by atoms with E-state index in [1.165, 1.54) is 13.3 Å². The van der Waals surface area contributed by atoms with E-state index in [1.54, 1.807) is 24.3 Å². The lowest BCUT2D eigenvalue weighted by atomic mass is 10.2. The fourth-order valence-electron chi connectivity index (χ4n) is 3.18. The first-order valence-electron chi connectivity index (χ1n) is 9.66. The number of esters is 1. The number of carbonyl (C=O) groups is 1. The molecule has 0 aliphatic carbocycles. The van der Waals surface area contributed by atoms with E-state index >= 15 is 0 Å². The summed E-state index contributed by atoms with van der Waals surface area (Å²) >= 11 is 6.32. The van der Waals surface area contributed by atoms with Crippen LogP contribution in [0, 0.1) is 0 Å². The largest absolute Gasteiger partial charge is 0.490 e. The zero-order valence-corrected chi connectivity index (χ0v) is 17.5. The maximum absolute atomic E-state index is 12.8. The Morgan fingerprint density at radius 2 is 1.97 bits per heavy atom. The average molecular weight is 442 g/mol. The molecular formula is C22H20ClN3O5. The summed E-state index contributed by atoms with van der Waals surface area (Å²) in [5, 5.41) is 7.27. The normalized spacial score (nSPS) is 12.7. The highest BCUT2D eigenvalue weighted by Crippen LogP contribution is 2.31. The molecule has 4 rings (SSSR count). The number of aromatic nitrogens is 2.